The molecule has 1 aromatic carbocycles. The molecule has 0 atom stereocenters. The molecular formula is C9H6BrF3N2. The lowest BCUT2D eigenvalue weighted by atomic mass is 10.2. The van der Waals surface area contributed by atoms with E-state index in [1.165, 1.54) is 6.20 Å². The molecule has 6 heteroatoms. The highest BCUT2D eigenvalue weighted by atomic mass is 79.9. The summed E-state index contributed by atoms with van der Waals surface area (Å²) in [4.78, 5) is 0. The van der Waals surface area contributed by atoms with Crippen molar-refractivity contribution in [2.24, 2.45) is 0 Å². The molecule has 0 saturated heterocycles. The number of hydrogen-bond acceptors (Lipinski definition) is 1. The first-order valence-corrected chi connectivity index (χ1v) is 4.93. The number of aromatic nitrogens is 2. The Bertz CT molecular complexity index is 490. The molecule has 0 spiro atoms. The summed E-state index contributed by atoms with van der Waals surface area (Å²) >= 11 is 3.21. The zero-order chi connectivity index (χ0) is 11.1. The third kappa shape index (κ3) is 2.31. The summed E-state index contributed by atoms with van der Waals surface area (Å²) in [5, 5.41) is 4.39. The Hall–Kier alpha value is -1.04. The quantitative estimate of drug-likeness (QED) is 0.782. The second kappa shape index (κ2) is 3.52. The molecule has 0 radical (unpaired) electrons. The van der Waals surface area contributed by atoms with Crippen LogP contribution in [0.5, 0.6) is 0 Å². The molecule has 0 unspecified atom stereocenters. The number of fused-ring (bicyclic) bond motifs is 1. The molecule has 1 heterocycles. The first-order chi connectivity index (χ1) is 6.96. The maximum atomic E-state index is 12.2. The minimum absolute atomic E-state index is 0.474. The zero-order valence-electron chi connectivity index (χ0n) is 7.42. The first kappa shape index (κ1) is 10.5. The fourth-order valence-corrected chi connectivity index (χ4v) is 1.69. The van der Waals surface area contributed by atoms with E-state index in [0.29, 0.717) is 10.9 Å². The van der Waals surface area contributed by atoms with Crippen LogP contribution in [0, 0.1) is 0 Å². The van der Waals surface area contributed by atoms with E-state index in [0.717, 1.165) is 9.15 Å². The van der Waals surface area contributed by atoms with Crippen LogP contribution in [0.2, 0.25) is 0 Å². The maximum Gasteiger partial charge on any atom is 0.408 e. The molecular weight excluding hydrogens is 273 g/mol. The number of alkyl halides is 3. The monoisotopic (exact) mass is 278 g/mol. The minimum Gasteiger partial charge on any atom is -0.256 e. The summed E-state index contributed by atoms with van der Waals surface area (Å²) < 4.78 is 38.2. The van der Waals surface area contributed by atoms with Gasteiger partial charge < -0.3 is 0 Å². The summed E-state index contributed by atoms with van der Waals surface area (Å²) in [7, 11) is 0. The predicted molar refractivity (Wildman–Crippen MR) is 53.5 cm³/mol. The highest BCUT2D eigenvalue weighted by Gasteiger charge is 2.29. The third-order valence-electron chi connectivity index (χ3n) is 1.94. The van der Waals surface area contributed by atoms with Gasteiger partial charge in [0.1, 0.15) is 6.54 Å². The van der Waals surface area contributed by atoms with Crippen LogP contribution in [0.15, 0.2) is 28.9 Å². The van der Waals surface area contributed by atoms with E-state index in [4.69, 9.17) is 0 Å². The normalized spacial score (nSPS) is 12.3. The molecule has 0 aliphatic heterocycles. The predicted octanol–water partition coefficient (Wildman–Crippen LogP) is 3.36. The van der Waals surface area contributed by atoms with E-state index in [1.54, 1.807) is 18.2 Å². The van der Waals surface area contributed by atoms with Crippen LogP contribution in [0.4, 0.5) is 13.2 Å². The van der Waals surface area contributed by atoms with Gasteiger partial charge in [-0.15, -0.1) is 0 Å². The Balaban J connectivity index is 2.48. The van der Waals surface area contributed by atoms with Gasteiger partial charge in [0.05, 0.1) is 11.7 Å². The second-order valence-electron chi connectivity index (χ2n) is 3.12. The Morgan fingerprint density at radius 3 is 2.73 bits per heavy atom. The molecule has 0 aliphatic carbocycles. The molecule has 2 nitrogen and oxygen atoms in total. The van der Waals surface area contributed by atoms with Gasteiger partial charge in [0.2, 0.25) is 0 Å². The molecule has 80 valence electrons. The van der Waals surface area contributed by atoms with Crippen LogP contribution in [0.25, 0.3) is 10.9 Å². The molecule has 0 amide bonds. The summed E-state index contributed by atoms with van der Waals surface area (Å²) in [6, 6.07) is 5.11. The smallest absolute Gasteiger partial charge is 0.256 e. The van der Waals surface area contributed by atoms with Crippen molar-refractivity contribution in [2.75, 3.05) is 0 Å². The van der Waals surface area contributed by atoms with Gasteiger partial charge in [-0.1, -0.05) is 22.0 Å². The van der Waals surface area contributed by atoms with Gasteiger partial charge in [0, 0.05) is 9.86 Å². The van der Waals surface area contributed by atoms with Crippen molar-refractivity contribution in [3.8, 4) is 0 Å². The van der Waals surface area contributed by atoms with E-state index in [1.807, 2.05) is 0 Å². The van der Waals surface area contributed by atoms with Crippen molar-refractivity contribution in [1.29, 1.82) is 0 Å². The van der Waals surface area contributed by atoms with Crippen molar-refractivity contribution in [1.82, 2.24) is 9.78 Å². The van der Waals surface area contributed by atoms with Gasteiger partial charge in [-0.2, -0.15) is 18.3 Å². The molecule has 1 aromatic heterocycles. The van der Waals surface area contributed by atoms with Crippen LogP contribution in [0.1, 0.15) is 0 Å². The van der Waals surface area contributed by atoms with Crippen LogP contribution < -0.4 is 0 Å². The number of halogens is 4. The first-order valence-electron chi connectivity index (χ1n) is 4.13. The second-order valence-corrected chi connectivity index (χ2v) is 4.04. The third-order valence-corrected chi connectivity index (χ3v) is 2.43. The fraction of sp³-hybridized carbons (Fsp3) is 0.222. The highest BCUT2D eigenvalue weighted by Crippen LogP contribution is 2.23. The number of hydrogen-bond donors (Lipinski definition) is 0. The fourth-order valence-electron chi connectivity index (χ4n) is 1.34. The Morgan fingerprint density at radius 1 is 1.33 bits per heavy atom. The van der Waals surface area contributed by atoms with Gasteiger partial charge in [0.15, 0.2) is 0 Å². The lowest BCUT2D eigenvalue weighted by Crippen LogP contribution is -2.18. The van der Waals surface area contributed by atoms with Crippen molar-refractivity contribution in [2.45, 2.75) is 12.7 Å². The standard InChI is InChI=1S/C9H6BrF3N2/c10-7-2-1-6-4-14-15(8(6)3-7)5-9(11,12)13/h1-4H,5H2. The molecule has 0 N–H and O–H groups in total. The average molecular weight is 279 g/mol. The molecule has 2 aromatic rings. The Kier molecular flexibility index (Phi) is 2.46. The van der Waals surface area contributed by atoms with Crippen LogP contribution in [0.3, 0.4) is 0 Å². The van der Waals surface area contributed by atoms with Gasteiger partial charge in [-0.3, -0.25) is 4.68 Å². The maximum absolute atomic E-state index is 12.2. The molecule has 15 heavy (non-hydrogen) atoms. The van der Waals surface area contributed by atoms with Crippen molar-refractivity contribution >= 4 is 26.8 Å². The van der Waals surface area contributed by atoms with Gasteiger partial charge in [0.25, 0.3) is 0 Å². The van der Waals surface area contributed by atoms with E-state index in [2.05, 4.69) is 21.0 Å². The number of benzene rings is 1. The summed E-state index contributed by atoms with van der Waals surface area (Å²) in [6.07, 6.45) is -2.82. The molecule has 0 fully saturated rings. The Labute approximate surface area is 91.8 Å². The largest absolute Gasteiger partial charge is 0.408 e. The van der Waals surface area contributed by atoms with Crippen molar-refractivity contribution in [3.05, 3.63) is 28.9 Å². The van der Waals surface area contributed by atoms with Gasteiger partial charge >= 0.3 is 6.18 Å². The van der Waals surface area contributed by atoms with Gasteiger partial charge in [-0.05, 0) is 12.1 Å². The summed E-state index contributed by atoms with van der Waals surface area (Å²) in [6.45, 7) is -1.06. The average Bonchev–Trinajstić information content (AvgIpc) is 2.46. The minimum atomic E-state index is -4.25. The highest BCUT2D eigenvalue weighted by molar-refractivity contribution is 9.10. The lowest BCUT2D eigenvalue weighted by molar-refractivity contribution is -0.141. The summed E-state index contributed by atoms with van der Waals surface area (Å²) in [5.41, 5.74) is 0.474. The van der Waals surface area contributed by atoms with E-state index in [9.17, 15) is 13.2 Å². The zero-order valence-corrected chi connectivity index (χ0v) is 9.01. The molecule has 0 bridgehead atoms. The van der Waals surface area contributed by atoms with E-state index < -0.39 is 12.7 Å². The van der Waals surface area contributed by atoms with Crippen molar-refractivity contribution < 1.29 is 13.2 Å². The summed E-state index contributed by atoms with van der Waals surface area (Å²) in [5.74, 6) is 0. The van der Waals surface area contributed by atoms with E-state index >= 15 is 0 Å². The number of rotatable bonds is 1. The van der Waals surface area contributed by atoms with E-state index in [-0.39, 0.29) is 0 Å². The Morgan fingerprint density at radius 2 is 2.07 bits per heavy atom. The van der Waals surface area contributed by atoms with Crippen LogP contribution in [-0.4, -0.2) is 16.0 Å². The number of nitrogens with zero attached hydrogens (tertiary/aromatic N) is 2. The SMILES string of the molecule is FC(F)(F)Cn1ncc2ccc(Br)cc21. The van der Waals surface area contributed by atoms with Gasteiger partial charge in [-0.25, -0.2) is 0 Å². The molecule has 0 saturated carbocycles. The topological polar surface area (TPSA) is 17.8 Å². The molecule has 0 aliphatic rings. The van der Waals surface area contributed by atoms with Crippen molar-refractivity contribution in [3.63, 3.8) is 0 Å². The lowest BCUT2D eigenvalue weighted by Gasteiger charge is -2.07. The molecule has 2 rings (SSSR count). The van der Waals surface area contributed by atoms with Crippen LogP contribution in [-0.2, 0) is 6.54 Å². The van der Waals surface area contributed by atoms with Crippen LogP contribution >= 0.6 is 15.9 Å².